The molecule has 1 aliphatic rings. The zero-order valence-corrected chi connectivity index (χ0v) is 10.3. The van der Waals surface area contributed by atoms with Crippen LogP contribution in [0.25, 0.3) is 0 Å². The first-order chi connectivity index (χ1) is 8.63. The molecule has 0 radical (unpaired) electrons. The summed E-state index contributed by atoms with van der Waals surface area (Å²) in [7, 11) is 1.70. The molecule has 0 saturated carbocycles. The number of amides is 2. The molecule has 7 nitrogen and oxygen atoms in total. The van der Waals surface area contributed by atoms with E-state index in [0.29, 0.717) is 18.9 Å². The Labute approximate surface area is 105 Å². The maximum Gasteiger partial charge on any atom is 0.274 e. The Bertz CT molecular complexity index is 476. The lowest BCUT2D eigenvalue weighted by molar-refractivity contribution is -0.127. The van der Waals surface area contributed by atoms with Crippen LogP contribution in [0.1, 0.15) is 17.4 Å². The highest BCUT2D eigenvalue weighted by molar-refractivity contribution is 5.96. The minimum Gasteiger partial charge on any atom is -0.372 e. The van der Waals surface area contributed by atoms with E-state index in [-0.39, 0.29) is 17.5 Å². The minimum atomic E-state index is -0.480. The molecule has 1 aromatic heterocycles. The fraction of sp³-hybridized carbons (Fsp3) is 0.455. The Balaban J connectivity index is 2.22. The van der Waals surface area contributed by atoms with E-state index in [9.17, 15) is 9.59 Å². The third-order valence-electron chi connectivity index (χ3n) is 2.87. The van der Waals surface area contributed by atoms with Crippen LogP contribution in [-0.4, -0.2) is 52.9 Å². The number of carbonyl (C=O) groups excluding carboxylic acids is 2. The van der Waals surface area contributed by atoms with E-state index in [4.69, 9.17) is 0 Å². The average Bonchev–Trinajstić information content (AvgIpc) is 2.41. The van der Waals surface area contributed by atoms with Crippen molar-refractivity contribution >= 4 is 17.6 Å². The molecule has 7 heteroatoms. The third kappa shape index (κ3) is 2.24. The maximum atomic E-state index is 12.2. The van der Waals surface area contributed by atoms with Gasteiger partial charge in [0.1, 0.15) is 17.6 Å². The van der Waals surface area contributed by atoms with Crippen molar-refractivity contribution in [2.75, 3.05) is 25.5 Å². The highest BCUT2D eigenvalue weighted by Gasteiger charge is 2.30. The largest absolute Gasteiger partial charge is 0.372 e. The molecule has 1 saturated heterocycles. The van der Waals surface area contributed by atoms with Gasteiger partial charge in [0.25, 0.3) is 5.91 Å². The van der Waals surface area contributed by atoms with Crippen molar-refractivity contribution in [3.63, 3.8) is 0 Å². The van der Waals surface area contributed by atoms with Crippen LogP contribution in [0.15, 0.2) is 12.4 Å². The van der Waals surface area contributed by atoms with Crippen LogP contribution in [0, 0.1) is 0 Å². The maximum absolute atomic E-state index is 12.2. The van der Waals surface area contributed by atoms with Crippen molar-refractivity contribution in [1.82, 2.24) is 20.2 Å². The number of carbonyl (C=O) groups is 2. The molecule has 0 aliphatic carbocycles. The molecular formula is C11H15N5O2. The van der Waals surface area contributed by atoms with Gasteiger partial charge in [-0.1, -0.05) is 0 Å². The number of piperazine rings is 1. The Morgan fingerprint density at radius 2 is 2.33 bits per heavy atom. The molecule has 0 bridgehead atoms. The first-order valence-corrected chi connectivity index (χ1v) is 5.72. The summed E-state index contributed by atoms with van der Waals surface area (Å²) < 4.78 is 0. The first-order valence-electron chi connectivity index (χ1n) is 5.72. The van der Waals surface area contributed by atoms with Crippen LogP contribution in [-0.2, 0) is 4.79 Å². The lowest BCUT2D eigenvalue weighted by atomic mass is 10.2. The average molecular weight is 249 g/mol. The van der Waals surface area contributed by atoms with Crippen molar-refractivity contribution in [2.24, 2.45) is 0 Å². The molecule has 1 aromatic rings. The molecule has 2 amide bonds. The normalized spacial score (nSPS) is 19.3. The number of hydrogen-bond acceptors (Lipinski definition) is 5. The Kier molecular flexibility index (Phi) is 3.40. The van der Waals surface area contributed by atoms with E-state index in [0.717, 1.165) is 0 Å². The van der Waals surface area contributed by atoms with Crippen molar-refractivity contribution in [2.45, 2.75) is 13.0 Å². The van der Waals surface area contributed by atoms with Crippen molar-refractivity contribution in [1.29, 1.82) is 0 Å². The number of hydrogen-bond donors (Lipinski definition) is 2. The van der Waals surface area contributed by atoms with Crippen LogP contribution in [0.3, 0.4) is 0 Å². The monoisotopic (exact) mass is 249 g/mol. The quantitative estimate of drug-likeness (QED) is 0.736. The second kappa shape index (κ2) is 4.99. The van der Waals surface area contributed by atoms with Gasteiger partial charge in [0.2, 0.25) is 5.91 Å². The number of aromatic nitrogens is 2. The predicted molar refractivity (Wildman–Crippen MR) is 65.1 cm³/mol. The SMILES string of the molecule is CNc1cncc(C(=O)N2CCNC(=O)C2C)n1. The zero-order chi connectivity index (χ0) is 13.1. The molecule has 1 atom stereocenters. The van der Waals surface area contributed by atoms with Crippen molar-refractivity contribution < 1.29 is 9.59 Å². The Hall–Kier alpha value is -2.18. The van der Waals surface area contributed by atoms with Gasteiger partial charge < -0.3 is 15.5 Å². The van der Waals surface area contributed by atoms with E-state index >= 15 is 0 Å². The van der Waals surface area contributed by atoms with Gasteiger partial charge in [-0.05, 0) is 6.92 Å². The summed E-state index contributed by atoms with van der Waals surface area (Å²) in [5.41, 5.74) is 0.239. The van der Waals surface area contributed by atoms with Gasteiger partial charge in [0.15, 0.2) is 0 Å². The molecule has 96 valence electrons. The number of nitrogens with zero attached hydrogens (tertiary/aromatic N) is 3. The summed E-state index contributed by atoms with van der Waals surface area (Å²) in [6, 6.07) is -0.480. The summed E-state index contributed by atoms with van der Waals surface area (Å²) in [6.45, 7) is 2.65. The molecule has 18 heavy (non-hydrogen) atoms. The van der Waals surface area contributed by atoms with Gasteiger partial charge in [0.05, 0.1) is 12.4 Å². The highest BCUT2D eigenvalue weighted by Crippen LogP contribution is 2.10. The smallest absolute Gasteiger partial charge is 0.274 e. The standard InChI is InChI=1S/C11H15N5O2/c1-7-10(17)14-3-4-16(7)11(18)8-5-13-6-9(12-2)15-8/h5-7H,3-4H2,1-2H3,(H,12,15)(H,14,17). The molecule has 0 spiro atoms. The van der Waals surface area contributed by atoms with Crippen LogP contribution in [0.5, 0.6) is 0 Å². The summed E-state index contributed by atoms with van der Waals surface area (Å²) in [5.74, 6) is 0.101. The molecule has 1 aliphatic heterocycles. The first kappa shape index (κ1) is 12.3. The number of rotatable bonds is 2. The minimum absolute atomic E-state index is 0.146. The second-order valence-corrected chi connectivity index (χ2v) is 4.01. The molecular weight excluding hydrogens is 234 g/mol. The van der Waals surface area contributed by atoms with Crippen molar-refractivity contribution in [3.05, 3.63) is 18.1 Å². The molecule has 2 rings (SSSR count). The van der Waals surface area contributed by atoms with E-state index in [1.165, 1.54) is 17.3 Å². The topological polar surface area (TPSA) is 87.2 Å². The van der Waals surface area contributed by atoms with Gasteiger partial charge in [-0.15, -0.1) is 0 Å². The van der Waals surface area contributed by atoms with Crippen LogP contribution < -0.4 is 10.6 Å². The van der Waals surface area contributed by atoms with Crippen molar-refractivity contribution in [3.8, 4) is 0 Å². The molecule has 1 fully saturated rings. The van der Waals surface area contributed by atoms with Crippen LogP contribution >= 0.6 is 0 Å². The molecule has 0 aromatic carbocycles. The van der Waals surface area contributed by atoms with E-state index in [1.54, 1.807) is 14.0 Å². The van der Waals surface area contributed by atoms with Gasteiger partial charge in [-0.2, -0.15) is 0 Å². The Morgan fingerprint density at radius 1 is 1.56 bits per heavy atom. The summed E-state index contributed by atoms with van der Waals surface area (Å²) >= 11 is 0. The van der Waals surface area contributed by atoms with Crippen LogP contribution in [0.4, 0.5) is 5.82 Å². The number of nitrogens with one attached hydrogen (secondary N) is 2. The summed E-state index contributed by atoms with van der Waals surface area (Å²) in [5, 5.41) is 5.53. The molecule has 2 heterocycles. The second-order valence-electron chi connectivity index (χ2n) is 4.01. The van der Waals surface area contributed by atoms with Gasteiger partial charge in [-0.3, -0.25) is 14.6 Å². The van der Waals surface area contributed by atoms with E-state index < -0.39 is 6.04 Å². The predicted octanol–water partition coefficient (Wildman–Crippen LogP) is -0.521. The van der Waals surface area contributed by atoms with E-state index in [1.807, 2.05) is 0 Å². The van der Waals surface area contributed by atoms with E-state index in [2.05, 4.69) is 20.6 Å². The lowest BCUT2D eigenvalue weighted by Gasteiger charge is -2.32. The van der Waals surface area contributed by atoms with Gasteiger partial charge in [-0.25, -0.2) is 4.98 Å². The Morgan fingerprint density at radius 3 is 3.06 bits per heavy atom. The van der Waals surface area contributed by atoms with Gasteiger partial charge in [0, 0.05) is 20.1 Å². The third-order valence-corrected chi connectivity index (χ3v) is 2.87. The highest BCUT2D eigenvalue weighted by atomic mass is 16.2. The lowest BCUT2D eigenvalue weighted by Crippen LogP contribution is -2.56. The molecule has 2 N–H and O–H groups in total. The summed E-state index contributed by atoms with van der Waals surface area (Å²) in [4.78, 5) is 33.3. The van der Waals surface area contributed by atoms with Crippen LogP contribution in [0.2, 0.25) is 0 Å². The zero-order valence-electron chi connectivity index (χ0n) is 10.3. The number of anilines is 1. The van der Waals surface area contributed by atoms with Gasteiger partial charge >= 0.3 is 0 Å². The molecule has 1 unspecified atom stereocenters. The summed E-state index contributed by atoms with van der Waals surface area (Å²) in [6.07, 6.45) is 2.94. The fourth-order valence-electron chi connectivity index (χ4n) is 1.80. The fourth-order valence-corrected chi connectivity index (χ4v) is 1.80.